The van der Waals surface area contributed by atoms with Crippen LogP contribution in [-0.2, 0) is 23.8 Å². The zero-order valence-electron chi connectivity index (χ0n) is 17.8. The summed E-state index contributed by atoms with van der Waals surface area (Å²) in [4.78, 5) is 4.19. The largest absolute Gasteiger partial charge is 0.357 e. The van der Waals surface area contributed by atoms with Crippen molar-refractivity contribution in [2.24, 2.45) is 0 Å². The summed E-state index contributed by atoms with van der Waals surface area (Å²) in [6, 6.07) is 16.5. The summed E-state index contributed by atoms with van der Waals surface area (Å²) in [5.41, 5.74) is 5.23. The normalized spacial score (nSPS) is 16.6. The van der Waals surface area contributed by atoms with Gasteiger partial charge in [-0.15, -0.1) is 0 Å². The van der Waals surface area contributed by atoms with Crippen LogP contribution >= 0.6 is 11.6 Å². The van der Waals surface area contributed by atoms with Crippen LogP contribution in [0.1, 0.15) is 24.1 Å². The summed E-state index contributed by atoms with van der Waals surface area (Å²) >= 11 is 6.52. The highest BCUT2D eigenvalue weighted by atomic mass is 35.5. The SMILES string of the molecule is O=S(CCCC1Cc2[nH]c3c(Cl)ccc(-c4ccc(F)cc4)c3c2CN1)c1ccc(F)cc1. The van der Waals surface area contributed by atoms with Crippen LogP contribution in [0.5, 0.6) is 0 Å². The Balaban J connectivity index is 1.32. The van der Waals surface area contributed by atoms with E-state index < -0.39 is 10.8 Å². The zero-order chi connectivity index (χ0) is 22.9. The molecule has 33 heavy (non-hydrogen) atoms. The first-order valence-electron chi connectivity index (χ1n) is 10.9. The lowest BCUT2D eigenvalue weighted by Gasteiger charge is -2.24. The third-order valence-corrected chi connectivity index (χ3v) is 8.00. The molecule has 2 N–H and O–H groups in total. The molecule has 1 aliphatic heterocycles. The molecule has 0 amide bonds. The first-order chi connectivity index (χ1) is 16.0. The Bertz CT molecular complexity index is 1320. The van der Waals surface area contributed by atoms with Gasteiger partial charge in [0.15, 0.2) is 0 Å². The molecule has 0 saturated heterocycles. The maximum absolute atomic E-state index is 13.4. The number of hydrogen-bond donors (Lipinski definition) is 2. The Hall–Kier alpha value is -2.54. The van der Waals surface area contributed by atoms with E-state index in [2.05, 4.69) is 10.3 Å². The molecule has 0 radical (unpaired) electrons. The van der Waals surface area contributed by atoms with Crippen molar-refractivity contribution in [3.63, 3.8) is 0 Å². The van der Waals surface area contributed by atoms with Gasteiger partial charge in [-0.25, -0.2) is 8.78 Å². The maximum Gasteiger partial charge on any atom is 0.123 e. The summed E-state index contributed by atoms with van der Waals surface area (Å²) in [6.45, 7) is 0.704. The zero-order valence-corrected chi connectivity index (χ0v) is 19.4. The lowest BCUT2D eigenvalue weighted by Crippen LogP contribution is -2.35. The van der Waals surface area contributed by atoms with E-state index in [1.807, 2.05) is 12.1 Å². The second-order valence-electron chi connectivity index (χ2n) is 8.36. The van der Waals surface area contributed by atoms with Gasteiger partial charge in [-0.2, -0.15) is 0 Å². The Morgan fingerprint density at radius 3 is 2.39 bits per heavy atom. The van der Waals surface area contributed by atoms with Gasteiger partial charge in [-0.05, 0) is 72.0 Å². The van der Waals surface area contributed by atoms with Crippen molar-refractivity contribution in [1.82, 2.24) is 10.3 Å². The number of benzene rings is 3. The predicted molar refractivity (Wildman–Crippen MR) is 130 cm³/mol. The molecule has 4 aromatic rings. The van der Waals surface area contributed by atoms with Crippen LogP contribution in [0.2, 0.25) is 5.02 Å². The van der Waals surface area contributed by atoms with Gasteiger partial charge >= 0.3 is 0 Å². The molecule has 0 aliphatic carbocycles. The van der Waals surface area contributed by atoms with Gasteiger partial charge in [-0.1, -0.05) is 29.8 Å². The van der Waals surface area contributed by atoms with Crippen molar-refractivity contribution in [3.8, 4) is 11.1 Å². The van der Waals surface area contributed by atoms with Crippen LogP contribution in [0.3, 0.4) is 0 Å². The molecular weight excluding hydrogens is 462 g/mol. The average Bonchev–Trinajstić information content (AvgIpc) is 3.20. The van der Waals surface area contributed by atoms with Gasteiger partial charge in [-0.3, -0.25) is 4.21 Å². The Labute approximate surface area is 198 Å². The molecule has 2 atom stereocenters. The van der Waals surface area contributed by atoms with Crippen LogP contribution in [0, 0.1) is 11.6 Å². The number of halogens is 3. The second kappa shape index (κ2) is 9.37. The lowest BCUT2D eigenvalue weighted by molar-refractivity contribution is 0.447. The standard InChI is InChI=1S/C26H23ClF2N2OS/c27-23-12-11-21(16-3-5-17(28)6-4-16)25-22-15-30-19(14-24(22)31-26(23)25)2-1-13-33(32)20-9-7-18(29)8-10-20/h3-12,19,30-31H,1-2,13-15H2. The van der Waals surface area contributed by atoms with Gasteiger partial charge in [0.2, 0.25) is 0 Å². The summed E-state index contributed by atoms with van der Waals surface area (Å²) < 4.78 is 39.0. The third kappa shape index (κ3) is 4.60. The maximum atomic E-state index is 13.4. The number of fused-ring (bicyclic) bond motifs is 3. The average molecular weight is 485 g/mol. The second-order valence-corrected chi connectivity index (χ2v) is 10.3. The van der Waals surface area contributed by atoms with Crippen molar-refractivity contribution in [1.29, 1.82) is 0 Å². The Kier molecular flexibility index (Phi) is 6.32. The molecule has 1 aromatic heterocycles. The van der Waals surface area contributed by atoms with Crippen molar-refractivity contribution in [2.75, 3.05) is 5.75 Å². The van der Waals surface area contributed by atoms with Crippen molar-refractivity contribution in [3.05, 3.63) is 88.6 Å². The fourth-order valence-corrected chi connectivity index (χ4v) is 5.87. The smallest absolute Gasteiger partial charge is 0.123 e. The van der Waals surface area contributed by atoms with Crippen LogP contribution in [0.4, 0.5) is 8.78 Å². The first kappa shape index (κ1) is 22.3. The van der Waals surface area contributed by atoms with E-state index in [9.17, 15) is 13.0 Å². The van der Waals surface area contributed by atoms with Crippen molar-refractivity contribution >= 4 is 33.3 Å². The summed E-state index contributed by atoms with van der Waals surface area (Å²) in [6.07, 6.45) is 2.52. The number of H-pyrrole nitrogens is 1. The van der Waals surface area contributed by atoms with E-state index in [1.54, 1.807) is 24.3 Å². The third-order valence-electron chi connectivity index (χ3n) is 6.23. The van der Waals surface area contributed by atoms with Crippen LogP contribution in [0.25, 0.3) is 22.0 Å². The highest BCUT2D eigenvalue weighted by Gasteiger charge is 2.24. The van der Waals surface area contributed by atoms with E-state index in [0.29, 0.717) is 22.2 Å². The minimum atomic E-state index is -1.13. The minimum absolute atomic E-state index is 0.259. The molecule has 1 aliphatic rings. The summed E-state index contributed by atoms with van der Waals surface area (Å²) in [5, 5.41) is 5.35. The predicted octanol–water partition coefficient (Wildman–Crippen LogP) is 6.37. The van der Waals surface area contributed by atoms with Gasteiger partial charge < -0.3 is 10.3 Å². The van der Waals surface area contributed by atoms with E-state index >= 15 is 0 Å². The number of aromatic nitrogens is 1. The van der Waals surface area contributed by atoms with Gasteiger partial charge in [0, 0.05) is 40.7 Å². The number of nitrogens with one attached hydrogen (secondary N) is 2. The highest BCUT2D eigenvalue weighted by molar-refractivity contribution is 7.85. The van der Waals surface area contributed by atoms with Crippen molar-refractivity contribution in [2.45, 2.75) is 36.7 Å². The fraction of sp³-hybridized carbons (Fsp3) is 0.231. The van der Waals surface area contributed by atoms with Crippen LogP contribution < -0.4 is 5.32 Å². The highest BCUT2D eigenvalue weighted by Crippen LogP contribution is 2.38. The van der Waals surface area contributed by atoms with E-state index in [4.69, 9.17) is 11.6 Å². The molecular formula is C26H23ClF2N2OS. The van der Waals surface area contributed by atoms with Crippen LogP contribution in [0.15, 0.2) is 65.6 Å². The van der Waals surface area contributed by atoms with Gasteiger partial charge in [0.1, 0.15) is 11.6 Å². The van der Waals surface area contributed by atoms with Gasteiger partial charge in [0.25, 0.3) is 0 Å². The molecule has 2 unspecified atom stereocenters. The van der Waals surface area contributed by atoms with Crippen LogP contribution in [-0.4, -0.2) is 21.0 Å². The molecule has 0 fully saturated rings. The molecule has 5 rings (SSSR count). The molecule has 0 saturated carbocycles. The van der Waals surface area contributed by atoms with Gasteiger partial charge in [0.05, 0.1) is 21.3 Å². The fourth-order valence-electron chi connectivity index (χ4n) is 4.56. The Morgan fingerprint density at radius 1 is 0.970 bits per heavy atom. The number of hydrogen-bond acceptors (Lipinski definition) is 2. The summed E-state index contributed by atoms with van der Waals surface area (Å²) in [5.74, 6) is -0.0342. The summed E-state index contributed by atoms with van der Waals surface area (Å²) in [7, 11) is -1.13. The van der Waals surface area contributed by atoms with E-state index in [0.717, 1.165) is 47.0 Å². The van der Waals surface area contributed by atoms with E-state index in [-0.39, 0.29) is 17.7 Å². The molecule has 3 nitrogen and oxygen atoms in total. The molecule has 0 bridgehead atoms. The molecule has 3 aromatic carbocycles. The lowest BCUT2D eigenvalue weighted by atomic mass is 9.94. The first-order valence-corrected chi connectivity index (χ1v) is 12.6. The number of rotatable bonds is 6. The molecule has 7 heteroatoms. The minimum Gasteiger partial charge on any atom is -0.357 e. The molecule has 0 spiro atoms. The molecule has 2 heterocycles. The quantitative estimate of drug-likeness (QED) is 0.334. The monoisotopic (exact) mass is 484 g/mol. The van der Waals surface area contributed by atoms with Crippen molar-refractivity contribution < 1.29 is 13.0 Å². The van der Waals surface area contributed by atoms with E-state index in [1.165, 1.54) is 29.8 Å². The topological polar surface area (TPSA) is 44.9 Å². The Morgan fingerprint density at radius 2 is 1.67 bits per heavy atom. The number of aromatic amines is 1. The molecule has 170 valence electrons.